The predicted octanol–water partition coefficient (Wildman–Crippen LogP) is 3.89. The minimum Gasteiger partial charge on any atom is -0.370 e. The van der Waals surface area contributed by atoms with Gasteiger partial charge in [0, 0.05) is 29.8 Å². The summed E-state index contributed by atoms with van der Waals surface area (Å²) in [6.07, 6.45) is 0. The van der Waals surface area contributed by atoms with Crippen LogP contribution in [-0.4, -0.2) is 24.0 Å². The molecule has 0 bridgehead atoms. The van der Waals surface area contributed by atoms with Gasteiger partial charge in [0.25, 0.3) is 0 Å². The molecule has 2 aromatic carbocycles. The van der Waals surface area contributed by atoms with E-state index >= 15 is 0 Å². The highest BCUT2D eigenvalue weighted by Gasteiger charge is 2.30. The Hall–Kier alpha value is -2.62. The van der Waals surface area contributed by atoms with Crippen molar-refractivity contribution in [2.45, 2.75) is 13.8 Å². The van der Waals surface area contributed by atoms with E-state index < -0.39 is 0 Å². The third-order valence-corrected chi connectivity index (χ3v) is 4.38. The molecule has 4 rings (SSSR count). The smallest absolute Gasteiger partial charge is 0.194 e. The van der Waals surface area contributed by atoms with E-state index in [2.05, 4.69) is 23.9 Å². The number of hydrogen-bond donors (Lipinski definition) is 0. The number of benzene rings is 2. The highest BCUT2D eigenvalue weighted by atomic mass is 16.5. The molecule has 110 valence electrons. The van der Waals surface area contributed by atoms with Gasteiger partial charge in [0.15, 0.2) is 11.5 Å². The summed E-state index contributed by atoms with van der Waals surface area (Å²) in [5.41, 5.74) is 3.99. The molecule has 0 amide bonds. The van der Waals surface area contributed by atoms with Crippen LogP contribution in [0.1, 0.15) is 29.8 Å². The normalized spacial score (nSPS) is 12.5. The van der Waals surface area contributed by atoms with E-state index in [9.17, 15) is 4.79 Å². The number of fused-ring (bicyclic) bond motifs is 2. The molecule has 0 fully saturated rings. The summed E-state index contributed by atoms with van der Waals surface area (Å²) in [5.74, 6) is 0.747. The van der Waals surface area contributed by atoms with Gasteiger partial charge in [0.2, 0.25) is 0 Å². The van der Waals surface area contributed by atoms with Gasteiger partial charge in [0.1, 0.15) is 5.52 Å². The van der Waals surface area contributed by atoms with Crippen LogP contribution in [0.5, 0.6) is 0 Å². The zero-order chi connectivity index (χ0) is 15.3. The molecule has 1 aromatic heterocycles. The molecule has 0 atom stereocenters. The maximum atomic E-state index is 12.7. The SMILES string of the molecule is CCN(CC)c1ccc2c3c(onc13)-c1ccccc1C2=O. The Morgan fingerprint density at radius 2 is 1.73 bits per heavy atom. The fraction of sp³-hybridized carbons (Fsp3) is 0.222. The van der Waals surface area contributed by atoms with Gasteiger partial charge in [-0.15, -0.1) is 0 Å². The third kappa shape index (κ3) is 1.58. The van der Waals surface area contributed by atoms with Gasteiger partial charge in [-0.1, -0.05) is 29.4 Å². The standard InChI is InChI=1S/C18H16N2O2/c1-3-20(4-2)14-10-9-13-15-16(14)19-22-18(15)12-8-6-5-7-11(12)17(13)21/h5-10H,3-4H2,1-2H3. The van der Waals surface area contributed by atoms with Crippen molar-refractivity contribution < 1.29 is 9.32 Å². The van der Waals surface area contributed by atoms with Crippen molar-refractivity contribution in [3.05, 3.63) is 47.5 Å². The second-order valence-electron chi connectivity index (χ2n) is 5.41. The molecule has 1 heterocycles. The van der Waals surface area contributed by atoms with Gasteiger partial charge in [-0.05, 0) is 26.0 Å². The maximum Gasteiger partial charge on any atom is 0.194 e. The number of hydrogen-bond acceptors (Lipinski definition) is 4. The first-order valence-corrected chi connectivity index (χ1v) is 7.57. The van der Waals surface area contributed by atoms with Gasteiger partial charge < -0.3 is 9.42 Å². The average molecular weight is 292 g/mol. The number of ketones is 1. The van der Waals surface area contributed by atoms with Crippen LogP contribution < -0.4 is 4.90 Å². The lowest BCUT2D eigenvalue weighted by Crippen LogP contribution is -2.22. The second kappa shape index (κ2) is 4.70. The van der Waals surface area contributed by atoms with Crippen molar-refractivity contribution in [3.8, 4) is 11.3 Å². The second-order valence-corrected chi connectivity index (χ2v) is 5.41. The van der Waals surface area contributed by atoms with Crippen LogP contribution in [0.2, 0.25) is 0 Å². The van der Waals surface area contributed by atoms with Gasteiger partial charge in [-0.2, -0.15) is 0 Å². The number of aromatic nitrogens is 1. The molecular weight excluding hydrogens is 276 g/mol. The van der Waals surface area contributed by atoms with Crippen LogP contribution in [0.25, 0.3) is 22.2 Å². The van der Waals surface area contributed by atoms with Crippen molar-refractivity contribution in [2.24, 2.45) is 0 Å². The van der Waals surface area contributed by atoms with E-state index in [0.29, 0.717) is 16.9 Å². The molecule has 0 spiro atoms. The Labute approximate surface area is 128 Å². The van der Waals surface area contributed by atoms with Crippen LogP contribution in [0.4, 0.5) is 5.69 Å². The van der Waals surface area contributed by atoms with Crippen molar-refractivity contribution >= 4 is 22.4 Å². The quantitative estimate of drug-likeness (QED) is 0.575. The van der Waals surface area contributed by atoms with Crippen molar-refractivity contribution in [2.75, 3.05) is 18.0 Å². The third-order valence-electron chi connectivity index (χ3n) is 4.38. The topological polar surface area (TPSA) is 46.3 Å². The van der Waals surface area contributed by atoms with E-state index in [1.54, 1.807) is 0 Å². The van der Waals surface area contributed by atoms with Crippen LogP contribution >= 0.6 is 0 Å². The lowest BCUT2D eigenvalue weighted by atomic mass is 9.87. The number of carbonyl (C=O) groups is 1. The number of rotatable bonds is 3. The molecule has 0 aliphatic heterocycles. The molecule has 4 nitrogen and oxygen atoms in total. The van der Waals surface area contributed by atoms with Crippen LogP contribution in [-0.2, 0) is 0 Å². The first kappa shape index (κ1) is 13.1. The molecule has 22 heavy (non-hydrogen) atoms. The number of nitrogens with zero attached hydrogens (tertiary/aromatic N) is 2. The van der Waals surface area contributed by atoms with Gasteiger partial charge in [0.05, 0.1) is 11.1 Å². The lowest BCUT2D eigenvalue weighted by molar-refractivity contribution is 0.104. The first-order chi connectivity index (χ1) is 10.8. The Kier molecular flexibility index (Phi) is 2.79. The molecule has 1 aliphatic carbocycles. The minimum atomic E-state index is 0.0439. The van der Waals surface area contributed by atoms with E-state index in [-0.39, 0.29) is 5.78 Å². The molecule has 0 saturated heterocycles. The van der Waals surface area contributed by atoms with Gasteiger partial charge in [-0.3, -0.25) is 4.79 Å². The molecule has 0 N–H and O–H groups in total. The molecule has 4 heteroatoms. The summed E-state index contributed by atoms with van der Waals surface area (Å²) in [4.78, 5) is 14.9. The Morgan fingerprint density at radius 3 is 2.45 bits per heavy atom. The first-order valence-electron chi connectivity index (χ1n) is 7.57. The van der Waals surface area contributed by atoms with Crippen LogP contribution in [0, 0.1) is 0 Å². The van der Waals surface area contributed by atoms with Crippen LogP contribution in [0.3, 0.4) is 0 Å². The molecule has 0 saturated carbocycles. The van der Waals surface area contributed by atoms with Crippen molar-refractivity contribution in [3.63, 3.8) is 0 Å². The van der Waals surface area contributed by atoms with E-state index in [1.807, 2.05) is 36.4 Å². The van der Waals surface area contributed by atoms with Gasteiger partial charge >= 0.3 is 0 Å². The summed E-state index contributed by atoms with van der Waals surface area (Å²) in [6.45, 7) is 5.99. The maximum absolute atomic E-state index is 12.7. The van der Waals surface area contributed by atoms with E-state index in [4.69, 9.17) is 4.52 Å². The fourth-order valence-electron chi connectivity index (χ4n) is 3.26. The van der Waals surface area contributed by atoms with Gasteiger partial charge in [-0.25, -0.2) is 0 Å². The highest BCUT2D eigenvalue weighted by Crippen LogP contribution is 2.42. The molecule has 0 unspecified atom stereocenters. The van der Waals surface area contributed by atoms with Crippen molar-refractivity contribution in [1.82, 2.24) is 5.16 Å². The highest BCUT2D eigenvalue weighted by molar-refractivity contribution is 6.25. The molecule has 3 aromatic rings. The number of anilines is 1. The Morgan fingerprint density at radius 1 is 1.00 bits per heavy atom. The zero-order valence-electron chi connectivity index (χ0n) is 12.6. The summed E-state index contributed by atoms with van der Waals surface area (Å²) in [5, 5.41) is 5.11. The van der Waals surface area contributed by atoms with E-state index in [1.165, 1.54) is 0 Å². The average Bonchev–Trinajstić information content (AvgIpc) is 3.00. The molecular formula is C18H16N2O2. The zero-order valence-corrected chi connectivity index (χ0v) is 12.6. The fourth-order valence-corrected chi connectivity index (χ4v) is 3.26. The summed E-state index contributed by atoms with van der Waals surface area (Å²) in [6, 6.07) is 11.4. The summed E-state index contributed by atoms with van der Waals surface area (Å²) < 4.78 is 5.62. The monoisotopic (exact) mass is 292 g/mol. The Bertz CT molecular complexity index is 891. The molecule has 1 aliphatic rings. The lowest BCUT2D eigenvalue weighted by Gasteiger charge is -2.22. The minimum absolute atomic E-state index is 0.0439. The molecule has 0 radical (unpaired) electrons. The number of carbonyl (C=O) groups excluding carboxylic acids is 1. The Balaban J connectivity index is 2.07. The predicted molar refractivity (Wildman–Crippen MR) is 86.4 cm³/mol. The van der Waals surface area contributed by atoms with Crippen molar-refractivity contribution in [1.29, 1.82) is 0 Å². The summed E-state index contributed by atoms with van der Waals surface area (Å²) >= 11 is 0. The largest absolute Gasteiger partial charge is 0.370 e. The van der Waals surface area contributed by atoms with E-state index in [0.717, 1.165) is 35.2 Å². The van der Waals surface area contributed by atoms with Crippen LogP contribution in [0.15, 0.2) is 40.9 Å². The summed E-state index contributed by atoms with van der Waals surface area (Å²) in [7, 11) is 0.